The number of nitriles is 1. The predicted molar refractivity (Wildman–Crippen MR) is 118 cm³/mol. The fourth-order valence-electron chi connectivity index (χ4n) is 2.96. The third-order valence-electron chi connectivity index (χ3n) is 4.85. The molecular formula is C22H24FN7O. The molecule has 0 saturated carbocycles. The Balaban J connectivity index is 1.81. The van der Waals surface area contributed by atoms with Gasteiger partial charge in [0.15, 0.2) is 5.65 Å². The molecule has 1 aromatic carbocycles. The lowest BCUT2D eigenvalue weighted by atomic mass is 9.92. The number of pyridine rings is 1. The normalized spacial score (nSPS) is 11.1. The average Bonchev–Trinajstić information content (AvgIpc) is 2.74. The van der Waals surface area contributed by atoms with E-state index in [0.717, 1.165) is 10.9 Å². The van der Waals surface area contributed by atoms with Crippen molar-refractivity contribution in [3.63, 3.8) is 0 Å². The van der Waals surface area contributed by atoms with Crippen molar-refractivity contribution in [2.45, 2.75) is 27.2 Å². The van der Waals surface area contributed by atoms with Gasteiger partial charge in [-0.2, -0.15) is 10.2 Å². The maximum atomic E-state index is 14.3. The van der Waals surface area contributed by atoms with Crippen LogP contribution in [0.3, 0.4) is 0 Å². The zero-order valence-corrected chi connectivity index (χ0v) is 17.9. The second kappa shape index (κ2) is 8.92. The highest BCUT2D eigenvalue weighted by Crippen LogP contribution is 2.29. The Kier molecular flexibility index (Phi) is 6.30. The van der Waals surface area contributed by atoms with Gasteiger partial charge in [0, 0.05) is 36.4 Å². The quantitative estimate of drug-likeness (QED) is 0.548. The van der Waals surface area contributed by atoms with E-state index in [9.17, 15) is 9.18 Å². The van der Waals surface area contributed by atoms with Crippen molar-refractivity contribution >= 4 is 28.7 Å². The average molecular weight is 421 g/mol. The zero-order valence-electron chi connectivity index (χ0n) is 17.9. The lowest BCUT2D eigenvalue weighted by Gasteiger charge is -2.16. The third kappa shape index (κ3) is 5.22. The molecule has 2 heterocycles. The fraction of sp³-hybridized carbons (Fsp3) is 0.318. The van der Waals surface area contributed by atoms with Gasteiger partial charge in [-0.3, -0.25) is 0 Å². The Morgan fingerprint density at radius 3 is 2.74 bits per heavy atom. The van der Waals surface area contributed by atoms with Crippen LogP contribution in [-0.2, 0) is 0 Å². The second-order valence-corrected chi connectivity index (χ2v) is 7.80. The number of halogens is 1. The first-order valence-electron chi connectivity index (χ1n) is 9.80. The first-order chi connectivity index (χ1) is 14.7. The van der Waals surface area contributed by atoms with Gasteiger partial charge in [-0.05, 0) is 51.0 Å². The maximum Gasteiger partial charge on any atom is 0.319 e. The molecule has 9 heteroatoms. The van der Waals surface area contributed by atoms with E-state index in [4.69, 9.17) is 5.26 Å². The molecule has 3 N–H and O–H groups in total. The maximum absolute atomic E-state index is 14.3. The zero-order chi connectivity index (χ0) is 22.6. The van der Waals surface area contributed by atoms with E-state index < -0.39 is 17.3 Å². The first-order valence-corrected chi connectivity index (χ1v) is 9.80. The van der Waals surface area contributed by atoms with Crippen LogP contribution in [0.4, 0.5) is 20.8 Å². The van der Waals surface area contributed by atoms with Crippen molar-refractivity contribution in [3.05, 3.63) is 42.0 Å². The smallest absolute Gasteiger partial charge is 0.319 e. The number of fused-ring (bicyclic) bond motifs is 1. The van der Waals surface area contributed by atoms with Crippen molar-refractivity contribution in [1.82, 2.24) is 20.3 Å². The van der Waals surface area contributed by atoms with Gasteiger partial charge in [-0.1, -0.05) is 6.07 Å². The van der Waals surface area contributed by atoms with Crippen molar-refractivity contribution in [2.24, 2.45) is 5.41 Å². The topological polar surface area (TPSA) is 116 Å². The summed E-state index contributed by atoms with van der Waals surface area (Å²) in [5.74, 6) is -0.0748. The van der Waals surface area contributed by atoms with E-state index in [2.05, 4.69) is 37.0 Å². The van der Waals surface area contributed by atoms with Crippen molar-refractivity contribution in [3.8, 4) is 17.2 Å². The summed E-state index contributed by atoms with van der Waals surface area (Å²) in [6.45, 7) is 5.73. The van der Waals surface area contributed by atoms with Crippen LogP contribution in [0, 0.1) is 29.5 Å². The van der Waals surface area contributed by atoms with Crippen LogP contribution in [0.2, 0.25) is 0 Å². The molecule has 0 bridgehead atoms. The largest absolute Gasteiger partial charge is 0.357 e. The molecule has 0 aliphatic rings. The van der Waals surface area contributed by atoms with Gasteiger partial charge in [0.25, 0.3) is 0 Å². The lowest BCUT2D eigenvalue weighted by Crippen LogP contribution is -2.31. The monoisotopic (exact) mass is 421 g/mol. The molecule has 3 rings (SSSR count). The Bertz CT molecular complexity index is 1170. The number of carbonyl (C=O) groups is 1. The summed E-state index contributed by atoms with van der Waals surface area (Å²) in [6, 6.07) is 8.02. The van der Waals surface area contributed by atoms with Gasteiger partial charge in [0.05, 0.1) is 17.2 Å². The van der Waals surface area contributed by atoms with Crippen LogP contribution in [0.15, 0.2) is 30.5 Å². The molecule has 31 heavy (non-hydrogen) atoms. The summed E-state index contributed by atoms with van der Waals surface area (Å²) in [4.78, 5) is 25.3. The van der Waals surface area contributed by atoms with E-state index in [1.165, 1.54) is 6.07 Å². The Morgan fingerprint density at radius 1 is 1.26 bits per heavy atom. The molecule has 0 fully saturated rings. The van der Waals surface area contributed by atoms with E-state index in [0.29, 0.717) is 35.8 Å². The van der Waals surface area contributed by atoms with Crippen LogP contribution < -0.4 is 16.0 Å². The minimum atomic E-state index is -0.551. The van der Waals surface area contributed by atoms with Crippen molar-refractivity contribution < 1.29 is 9.18 Å². The number of aryl methyl sites for hydroxylation is 1. The molecule has 0 aliphatic carbocycles. The van der Waals surface area contributed by atoms with Crippen LogP contribution >= 0.6 is 0 Å². The number of anilines is 2. The number of nitrogens with zero attached hydrogens (tertiary/aromatic N) is 4. The number of carbonyl (C=O) groups excluding carboxylic acids is 1. The van der Waals surface area contributed by atoms with Crippen LogP contribution in [0.1, 0.15) is 26.0 Å². The molecule has 2 aromatic heterocycles. The Labute approximate surface area is 179 Å². The number of aromatic nitrogens is 3. The van der Waals surface area contributed by atoms with Crippen LogP contribution in [0.5, 0.6) is 0 Å². The summed E-state index contributed by atoms with van der Waals surface area (Å²) in [5.41, 5.74) is 2.27. The summed E-state index contributed by atoms with van der Waals surface area (Å²) < 4.78 is 14.3. The van der Waals surface area contributed by atoms with Gasteiger partial charge in [-0.15, -0.1) is 0 Å². The minimum absolute atomic E-state index is 0.0517. The van der Waals surface area contributed by atoms with E-state index >= 15 is 0 Å². The number of nitrogens with one attached hydrogen (secondary N) is 3. The molecule has 8 nitrogen and oxygen atoms in total. The van der Waals surface area contributed by atoms with Gasteiger partial charge < -0.3 is 16.0 Å². The molecule has 0 saturated heterocycles. The fourth-order valence-corrected chi connectivity index (χ4v) is 2.96. The summed E-state index contributed by atoms with van der Waals surface area (Å²) in [5, 5.41) is 17.9. The number of hydrogen-bond donors (Lipinski definition) is 3. The molecule has 0 spiro atoms. The SMILES string of the molecule is CNc1ncc2cc(-c3ccc(F)c(NC(=O)NCCC(C)(C)C#N)c3)c(C)nc2n1. The van der Waals surface area contributed by atoms with Gasteiger partial charge >= 0.3 is 6.03 Å². The third-order valence-corrected chi connectivity index (χ3v) is 4.85. The summed E-state index contributed by atoms with van der Waals surface area (Å²) in [6.07, 6.45) is 2.15. The van der Waals surface area contributed by atoms with E-state index in [1.807, 2.05) is 13.0 Å². The number of urea groups is 1. The number of hydrogen-bond acceptors (Lipinski definition) is 6. The van der Waals surface area contributed by atoms with Gasteiger partial charge in [0.1, 0.15) is 5.82 Å². The Hall–Kier alpha value is -3.80. The number of benzene rings is 1. The van der Waals surface area contributed by atoms with Crippen molar-refractivity contribution in [1.29, 1.82) is 5.26 Å². The van der Waals surface area contributed by atoms with E-state index in [-0.39, 0.29) is 5.69 Å². The predicted octanol–water partition coefficient (Wildman–Crippen LogP) is 4.24. The first kappa shape index (κ1) is 21.9. The molecule has 2 amide bonds. The number of amides is 2. The standard InChI is InChI=1S/C22H24FN7O/c1-13-16(9-15-11-27-20(25-4)30-19(15)28-13)14-5-6-17(23)18(10-14)29-21(31)26-8-7-22(2,3)12-24/h5-6,9-11H,7-8H2,1-4H3,(H2,26,29,31)(H,25,27,28,30). The highest BCUT2D eigenvalue weighted by Gasteiger charge is 2.17. The second-order valence-electron chi connectivity index (χ2n) is 7.80. The lowest BCUT2D eigenvalue weighted by molar-refractivity contribution is 0.250. The summed E-state index contributed by atoms with van der Waals surface area (Å²) in [7, 11) is 1.73. The Morgan fingerprint density at radius 2 is 2.03 bits per heavy atom. The van der Waals surface area contributed by atoms with Crippen LogP contribution in [-0.4, -0.2) is 34.6 Å². The minimum Gasteiger partial charge on any atom is -0.357 e. The molecular weight excluding hydrogens is 397 g/mol. The van der Waals surface area contributed by atoms with Crippen molar-refractivity contribution in [2.75, 3.05) is 24.2 Å². The van der Waals surface area contributed by atoms with Crippen LogP contribution in [0.25, 0.3) is 22.2 Å². The van der Waals surface area contributed by atoms with Gasteiger partial charge in [-0.25, -0.2) is 19.2 Å². The molecule has 0 atom stereocenters. The molecule has 0 unspecified atom stereocenters. The molecule has 0 radical (unpaired) electrons. The highest BCUT2D eigenvalue weighted by molar-refractivity contribution is 5.91. The summed E-state index contributed by atoms with van der Waals surface area (Å²) >= 11 is 0. The molecule has 0 aliphatic heterocycles. The van der Waals surface area contributed by atoms with Gasteiger partial charge in [0.2, 0.25) is 5.95 Å². The number of rotatable bonds is 6. The highest BCUT2D eigenvalue weighted by atomic mass is 19.1. The molecule has 160 valence electrons. The molecule has 3 aromatic rings. The van der Waals surface area contributed by atoms with E-state index in [1.54, 1.807) is 39.2 Å².